The predicted octanol–water partition coefficient (Wildman–Crippen LogP) is 3.95. The molecule has 0 bridgehead atoms. The molecule has 0 aliphatic rings. The highest BCUT2D eigenvalue weighted by molar-refractivity contribution is 5.96. The maximum atomic E-state index is 11.1. The van der Waals surface area contributed by atoms with Gasteiger partial charge in [-0.25, -0.2) is 4.63 Å². The standard InChI is InChI=1S/C18H12N4O5/c23-15-8-5-10(9-16(15)24)11-3-1-2-4-12(11)19-13-6-7-14(22(25)26)18-17(13)20-27-21-18/h1-9,19,23-24H. The number of nitrogens with one attached hydrogen (secondary N) is 1. The minimum atomic E-state index is -0.552. The molecule has 0 amide bonds. The molecule has 9 nitrogen and oxygen atoms in total. The van der Waals surface area contributed by atoms with E-state index in [1.54, 1.807) is 12.1 Å². The Morgan fingerprint density at radius 2 is 1.70 bits per heavy atom. The molecule has 3 aromatic carbocycles. The summed E-state index contributed by atoms with van der Waals surface area (Å²) < 4.78 is 4.67. The third kappa shape index (κ3) is 2.86. The molecule has 0 spiro atoms. The van der Waals surface area contributed by atoms with E-state index in [0.717, 1.165) is 5.56 Å². The number of rotatable bonds is 4. The number of aromatic nitrogens is 2. The van der Waals surface area contributed by atoms with Crippen molar-refractivity contribution in [2.24, 2.45) is 0 Å². The third-order valence-electron chi connectivity index (χ3n) is 4.07. The van der Waals surface area contributed by atoms with Crippen LogP contribution >= 0.6 is 0 Å². The molecule has 0 atom stereocenters. The molecule has 3 N–H and O–H groups in total. The summed E-state index contributed by atoms with van der Waals surface area (Å²) >= 11 is 0. The van der Waals surface area contributed by atoms with Crippen LogP contribution in [0, 0.1) is 10.1 Å². The second kappa shape index (κ2) is 6.30. The molecule has 0 radical (unpaired) electrons. The molecule has 1 aromatic heterocycles. The number of aromatic hydroxyl groups is 2. The highest BCUT2D eigenvalue weighted by atomic mass is 16.6. The van der Waals surface area contributed by atoms with Crippen molar-refractivity contribution in [1.29, 1.82) is 0 Å². The van der Waals surface area contributed by atoms with E-state index < -0.39 is 4.92 Å². The summed E-state index contributed by atoms with van der Waals surface area (Å²) in [5.41, 5.74) is 2.64. The van der Waals surface area contributed by atoms with Gasteiger partial charge >= 0.3 is 5.69 Å². The van der Waals surface area contributed by atoms with E-state index in [-0.39, 0.29) is 28.2 Å². The number of benzene rings is 3. The van der Waals surface area contributed by atoms with Crippen LogP contribution in [0.2, 0.25) is 0 Å². The molecule has 134 valence electrons. The van der Waals surface area contributed by atoms with Crippen LogP contribution in [0.5, 0.6) is 11.5 Å². The van der Waals surface area contributed by atoms with Gasteiger partial charge in [-0.2, -0.15) is 0 Å². The Labute approximate surface area is 151 Å². The number of nitrogens with zero attached hydrogens (tertiary/aromatic N) is 3. The van der Waals surface area contributed by atoms with Gasteiger partial charge in [-0.3, -0.25) is 10.1 Å². The highest BCUT2D eigenvalue weighted by Gasteiger charge is 2.20. The number of fused-ring (bicyclic) bond motifs is 1. The van der Waals surface area contributed by atoms with E-state index in [0.29, 0.717) is 16.9 Å². The van der Waals surface area contributed by atoms with Crippen molar-refractivity contribution in [3.63, 3.8) is 0 Å². The zero-order valence-electron chi connectivity index (χ0n) is 13.7. The summed E-state index contributed by atoms with van der Waals surface area (Å²) in [7, 11) is 0. The largest absolute Gasteiger partial charge is 0.504 e. The molecule has 0 aliphatic heterocycles. The summed E-state index contributed by atoms with van der Waals surface area (Å²) in [6.07, 6.45) is 0. The van der Waals surface area contributed by atoms with Gasteiger partial charge < -0.3 is 15.5 Å². The van der Waals surface area contributed by atoms with Crippen LogP contribution in [0.15, 0.2) is 59.2 Å². The molecule has 1 heterocycles. The Balaban J connectivity index is 1.79. The summed E-state index contributed by atoms with van der Waals surface area (Å²) in [6.45, 7) is 0. The Morgan fingerprint density at radius 1 is 0.926 bits per heavy atom. The molecule has 9 heteroatoms. The highest BCUT2D eigenvalue weighted by Crippen LogP contribution is 2.37. The van der Waals surface area contributed by atoms with Gasteiger partial charge in [0.1, 0.15) is 0 Å². The van der Waals surface area contributed by atoms with Gasteiger partial charge in [0.2, 0.25) is 5.52 Å². The Kier molecular flexibility index (Phi) is 3.81. The van der Waals surface area contributed by atoms with Crippen LogP contribution in [0.4, 0.5) is 17.1 Å². The number of phenolic OH excluding ortho intramolecular Hbond substituents is 2. The van der Waals surface area contributed by atoms with Crippen LogP contribution in [-0.2, 0) is 0 Å². The molecular weight excluding hydrogens is 352 g/mol. The Hall–Kier alpha value is -4.14. The second-order valence-electron chi connectivity index (χ2n) is 5.72. The number of hydrogen-bond acceptors (Lipinski definition) is 8. The number of phenols is 2. The van der Waals surface area contributed by atoms with Gasteiger partial charge in [-0.1, -0.05) is 24.3 Å². The summed E-state index contributed by atoms with van der Waals surface area (Å²) in [5, 5.41) is 40.9. The molecule has 0 saturated heterocycles. The second-order valence-corrected chi connectivity index (χ2v) is 5.72. The van der Waals surface area contributed by atoms with E-state index in [4.69, 9.17) is 0 Å². The fraction of sp³-hybridized carbons (Fsp3) is 0. The van der Waals surface area contributed by atoms with E-state index >= 15 is 0 Å². The lowest BCUT2D eigenvalue weighted by atomic mass is 10.0. The van der Waals surface area contributed by atoms with E-state index in [1.807, 2.05) is 18.2 Å². The number of hydrogen-bond donors (Lipinski definition) is 3. The van der Waals surface area contributed by atoms with Gasteiger partial charge in [0.05, 0.1) is 10.6 Å². The summed E-state index contributed by atoms with van der Waals surface area (Å²) in [6, 6.07) is 14.6. The number of para-hydroxylation sites is 1. The molecule has 4 aromatic rings. The lowest BCUT2D eigenvalue weighted by Crippen LogP contribution is -1.96. The third-order valence-corrected chi connectivity index (χ3v) is 4.07. The first kappa shape index (κ1) is 16.3. The average Bonchev–Trinajstić information content (AvgIpc) is 3.14. The Morgan fingerprint density at radius 3 is 2.48 bits per heavy atom. The first-order valence-corrected chi connectivity index (χ1v) is 7.82. The summed E-state index contributed by atoms with van der Waals surface area (Å²) in [4.78, 5) is 10.6. The van der Waals surface area contributed by atoms with Crippen molar-refractivity contribution in [1.82, 2.24) is 10.3 Å². The van der Waals surface area contributed by atoms with E-state index in [9.17, 15) is 20.3 Å². The Bertz CT molecular complexity index is 1170. The van der Waals surface area contributed by atoms with Gasteiger partial charge in [-0.05, 0) is 40.1 Å². The van der Waals surface area contributed by atoms with Crippen LogP contribution in [-0.4, -0.2) is 25.4 Å². The number of nitro benzene ring substituents is 1. The molecule has 4 rings (SSSR count). The zero-order chi connectivity index (χ0) is 19.0. The lowest BCUT2D eigenvalue weighted by molar-refractivity contribution is -0.383. The fourth-order valence-corrected chi connectivity index (χ4v) is 2.78. The van der Waals surface area contributed by atoms with Crippen LogP contribution in [0.25, 0.3) is 22.2 Å². The summed E-state index contributed by atoms with van der Waals surface area (Å²) in [5.74, 6) is -0.448. The van der Waals surface area contributed by atoms with Crippen molar-refractivity contribution in [2.45, 2.75) is 0 Å². The number of non-ortho nitro benzene ring substituents is 1. The van der Waals surface area contributed by atoms with Gasteiger partial charge in [0.15, 0.2) is 17.0 Å². The molecular formula is C18H12N4O5. The minimum absolute atomic E-state index is 0.0461. The van der Waals surface area contributed by atoms with E-state index in [2.05, 4.69) is 20.3 Å². The maximum Gasteiger partial charge on any atom is 0.300 e. The average molecular weight is 364 g/mol. The zero-order valence-corrected chi connectivity index (χ0v) is 13.7. The van der Waals surface area contributed by atoms with Gasteiger partial charge in [-0.15, -0.1) is 0 Å². The van der Waals surface area contributed by atoms with Crippen molar-refractivity contribution in [3.05, 3.63) is 64.7 Å². The SMILES string of the molecule is O=[N+]([O-])c1ccc(Nc2ccccc2-c2ccc(O)c(O)c2)c2nonc12. The van der Waals surface area contributed by atoms with Gasteiger partial charge in [0.25, 0.3) is 0 Å². The van der Waals surface area contributed by atoms with Crippen LogP contribution < -0.4 is 5.32 Å². The molecule has 0 unspecified atom stereocenters. The lowest BCUT2D eigenvalue weighted by Gasteiger charge is -2.13. The first-order valence-electron chi connectivity index (χ1n) is 7.82. The molecule has 0 fully saturated rings. The molecule has 0 aliphatic carbocycles. The normalized spacial score (nSPS) is 10.8. The molecule has 27 heavy (non-hydrogen) atoms. The fourth-order valence-electron chi connectivity index (χ4n) is 2.78. The molecule has 0 saturated carbocycles. The smallest absolute Gasteiger partial charge is 0.300 e. The maximum absolute atomic E-state index is 11.1. The van der Waals surface area contributed by atoms with Crippen molar-refractivity contribution in [2.75, 3.05) is 5.32 Å². The van der Waals surface area contributed by atoms with Gasteiger partial charge in [0, 0.05) is 17.3 Å². The minimum Gasteiger partial charge on any atom is -0.504 e. The van der Waals surface area contributed by atoms with Crippen LogP contribution in [0.1, 0.15) is 0 Å². The quantitative estimate of drug-likeness (QED) is 0.281. The van der Waals surface area contributed by atoms with Crippen molar-refractivity contribution in [3.8, 4) is 22.6 Å². The van der Waals surface area contributed by atoms with Crippen LogP contribution in [0.3, 0.4) is 0 Å². The van der Waals surface area contributed by atoms with E-state index in [1.165, 1.54) is 24.3 Å². The van der Waals surface area contributed by atoms with Crippen molar-refractivity contribution < 1.29 is 19.8 Å². The number of nitro groups is 1. The monoisotopic (exact) mass is 364 g/mol. The first-order chi connectivity index (χ1) is 13.0. The topological polar surface area (TPSA) is 135 Å². The predicted molar refractivity (Wildman–Crippen MR) is 96.9 cm³/mol. The van der Waals surface area contributed by atoms with Crippen molar-refractivity contribution >= 4 is 28.1 Å². The number of anilines is 2.